The molecule has 0 aliphatic heterocycles. The van der Waals surface area contributed by atoms with Gasteiger partial charge in [0.25, 0.3) is 0 Å². The van der Waals surface area contributed by atoms with Crippen LogP contribution in [0.3, 0.4) is 0 Å². The summed E-state index contributed by atoms with van der Waals surface area (Å²) in [6, 6.07) is 0. The van der Waals surface area contributed by atoms with Gasteiger partial charge < -0.3 is 5.32 Å². The van der Waals surface area contributed by atoms with Gasteiger partial charge in [-0.05, 0) is 13.8 Å². The van der Waals surface area contributed by atoms with Gasteiger partial charge in [-0.25, -0.2) is 0 Å². The van der Waals surface area contributed by atoms with Gasteiger partial charge in [0.2, 0.25) is 0 Å². The number of nitrogens with one attached hydrogen (secondary N) is 1. The van der Waals surface area contributed by atoms with Crippen LogP contribution in [0.15, 0.2) is 24.3 Å². The lowest BCUT2D eigenvalue weighted by Gasteiger charge is -1.92. The van der Waals surface area contributed by atoms with Gasteiger partial charge in [0.15, 0.2) is 0 Å². The number of allylic oxidation sites excluding steroid dienone is 2. The van der Waals surface area contributed by atoms with E-state index in [0.717, 1.165) is 13.1 Å². The molecule has 1 N–H and O–H groups in total. The van der Waals surface area contributed by atoms with E-state index in [4.69, 9.17) is 0 Å². The molecular formula is C8H15N. The minimum absolute atomic E-state index is 0.973. The zero-order valence-electron chi connectivity index (χ0n) is 6.22. The molecule has 0 amide bonds. The maximum Gasteiger partial charge on any atom is 0.0137 e. The van der Waals surface area contributed by atoms with Crippen molar-refractivity contribution in [3.8, 4) is 0 Å². The standard InChI is InChI=1S/C8H15N/c1-3-5-7-9-8-6-4-2/h3-6,9H,7-8H2,1-2H3. The van der Waals surface area contributed by atoms with Crippen molar-refractivity contribution in [2.75, 3.05) is 13.1 Å². The minimum Gasteiger partial charge on any atom is -0.310 e. The van der Waals surface area contributed by atoms with Gasteiger partial charge in [0.1, 0.15) is 0 Å². The SMILES string of the molecule is CC=CCNCC=CC. The Morgan fingerprint density at radius 2 is 1.44 bits per heavy atom. The Hall–Kier alpha value is -0.560. The first kappa shape index (κ1) is 8.44. The Balaban J connectivity index is 2.91. The van der Waals surface area contributed by atoms with Crippen LogP contribution in [0.25, 0.3) is 0 Å². The summed E-state index contributed by atoms with van der Waals surface area (Å²) < 4.78 is 0. The highest BCUT2D eigenvalue weighted by Crippen LogP contribution is 1.69. The summed E-state index contributed by atoms with van der Waals surface area (Å²) in [5, 5.41) is 3.21. The van der Waals surface area contributed by atoms with Crippen LogP contribution in [0.1, 0.15) is 13.8 Å². The third-order valence-electron chi connectivity index (χ3n) is 0.996. The minimum atomic E-state index is 0.973. The summed E-state index contributed by atoms with van der Waals surface area (Å²) in [4.78, 5) is 0. The van der Waals surface area contributed by atoms with E-state index in [0.29, 0.717) is 0 Å². The van der Waals surface area contributed by atoms with Gasteiger partial charge in [-0.2, -0.15) is 0 Å². The Morgan fingerprint density at radius 3 is 1.78 bits per heavy atom. The molecule has 0 aromatic heterocycles. The van der Waals surface area contributed by atoms with Crippen LogP contribution in [0, 0.1) is 0 Å². The van der Waals surface area contributed by atoms with E-state index < -0.39 is 0 Å². The van der Waals surface area contributed by atoms with Crippen LogP contribution < -0.4 is 5.32 Å². The Bertz CT molecular complexity index is 80.7. The summed E-state index contributed by atoms with van der Waals surface area (Å²) in [5.41, 5.74) is 0. The van der Waals surface area contributed by atoms with Crippen LogP contribution in [0.5, 0.6) is 0 Å². The predicted molar refractivity (Wildman–Crippen MR) is 42.5 cm³/mol. The van der Waals surface area contributed by atoms with Crippen molar-refractivity contribution in [3.63, 3.8) is 0 Å². The lowest BCUT2D eigenvalue weighted by Crippen LogP contribution is -2.12. The Morgan fingerprint density at radius 1 is 1.00 bits per heavy atom. The second-order valence-corrected chi connectivity index (χ2v) is 1.80. The fraction of sp³-hybridized carbons (Fsp3) is 0.500. The average molecular weight is 125 g/mol. The molecule has 1 heteroatoms. The van der Waals surface area contributed by atoms with Crippen molar-refractivity contribution in [1.82, 2.24) is 5.32 Å². The molecule has 0 aliphatic carbocycles. The molecule has 52 valence electrons. The number of hydrogen-bond acceptors (Lipinski definition) is 1. The topological polar surface area (TPSA) is 12.0 Å². The molecule has 1 nitrogen and oxygen atoms in total. The molecule has 0 unspecified atom stereocenters. The first-order valence-electron chi connectivity index (χ1n) is 3.34. The first-order valence-corrected chi connectivity index (χ1v) is 3.34. The number of hydrogen-bond donors (Lipinski definition) is 1. The van der Waals surface area contributed by atoms with Gasteiger partial charge in [0.05, 0.1) is 0 Å². The molecule has 0 spiro atoms. The molecular weight excluding hydrogens is 110 g/mol. The van der Waals surface area contributed by atoms with Gasteiger partial charge in [0, 0.05) is 13.1 Å². The average Bonchev–Trinajstić information content (AvgIpc) is 1.89. The molecule has 0 bridgehead atoms. The van der Waals surface area contributed by atoms with Crippen molar-refractivity contribution >= 4 is 0 Å². The molecule has 0 aromatic rings. The molecule has 0 fully saturated rings. The second kappa shape index (κ2) is 7.44. The van der Waals surface area contributed by atoms with E-state index in [1.165, 1.54) is 0 Å². The van der Waals surface area contributed by atoms with Crippen LogP contribution in [-0.4, -0.2) is 13.1 Å². The second-order valence-electron chi connectivity index (χ2n) is 1.80. The Labute approximate surface area is 57.5 Å². The smallest absolute Gasteiger partial charge is 0.0137 e. The van der Waals surface area contributed by atoms with Crippen molar-refractivity contribution in [2.45, 2.75) is 13.8 Å². The Kier molecular flexibility index (Phi) is 6.98. The van der Waals surface area contributed by atoms with Crippen molar-refractivity contribution < 1.29 is 0 Å². The van der Waals surface area contributed by atoms with Crippen LogP contribution in [0.2, 0.25) is 0 Å². The van der Waals surface area contributed by atoms with E-state index >= 15 is 0 Å². The highest BCUT2D eigenvalue weighted by molar-refractivity contribution is 4.84. The molecule has 0 saturated heterocycles. The molecule has 0 rings (SSSR count). The van der Waals surface area contributed by atoms with Crippen LogP contribution >= 0.6 is 0 Å². The molecule has 0 saturated carbocycles. The monoisotopic (exact) mass is 125 g/mol. The lowest BCUT2D eigenvalue weighted by molar-refractivity contribution is 0.841. The summed E-state index contributed by atoms with van der Waals surface area (Å²) in [7, 11) is 0. The molecule has 0 aromatic carbocycles. The fourth-order valence-corrected chi connectivity index (χ4v) is 0.486. The first-order chi connectivity index (χ1) is 4.41. The van der Waals surface area contributed by atoms with Gasteiger partial charge in [-0.3, -0.25) is 0 Å². The maximum atomic E-state index is 3.21. The normalized spacial score (nSPS) is 11.8. The van der Waals surface area contributed by atoms with Crippen molar-refractivity contribution in [1.29, 1.82) is 0 Å². The van der Waals surface area contributed by atoms with Gasteiger partial charge >= 0.3 is 0 Å². The lowest BCUT2D eigenvalue weighted by atomic mass is 10.5. The molecule has 0 atom stereocenters. The quantitative estimate of drug-likeness (QED) is 0.445. The highest BCUT2D eigenvalue weighted by atomic mass is 14.8. The van der Waals surface area contributed by atoms with Crippen LogP contribution in [0.4, 0.5) is 0 Å². The molecule has 0 radical (unpaired) electrons. The van der Waals surface area contributed by atoms with E-state index in [9.17, 15) is 0 Å². The number of rotatable bonds is 4. The van der Waals surface area contributed by atoms with Crippen molar-refractivity contribution in [3.05, 3.63) is 24.3 Å². The zero-order valence-corrected chi connectivity index (χ0v) is 6.22. The van der Waals surface area contributed by atoms with Gasteiger partial charge in [-0.1, -0.05) is 24.3 Å². The van der Waals surface area contributed by atoms with E-state index in [1.54, 1.807) is 0 Å². The van der Waals surface area contributed by atoms with E-state index in [2.05, 4.69) is 17.5 Å². The summed E-state index contributed by atoms with van der Waals surface area (Å²) in [5.74, 6) is 0. The van der Waals surface area contributed by atoms with Crippen LogP contribution in [-0.2, 0) is 0 Å². The molecule has 0 aliphatic rings. The van der Waals surface area contributed by atoms with E-state index in [-0.39, 0.29) is 0 Å². The third-order valence-corrected chi connectivity index (χ3v) is 0.996. The summed E-state index contributed by atoms with van der Waals surface area (Å²) in [6.45, 7) is 6.00. The summed E-state index contributed by atoms with van der Waals surface area (Å²) >= 11 is 0. The highest BCUT2D eigenvalue weighted by Gasteiger charge is 1.72. The zero-order chi connectivity index (χ0) is 6.95. The fourth-order valence-electron chi connectivity index (χ4n) is 0.486. The van der Waals surface area contributed by atoms with Gasteiger partial charge in [-0.15, -0.1) is 0 Å². The molecule has 9 heavy (non-hydrogen) atoms. The third kappa shape index (κ3) is 7.44. The van der Waals surface area contributed by atoms with E-state index in [1.807, 2.05) is 26.0 Å². The molecule has 0 heterocycles. The maximum absolute atomic E-state index is 3.21. The largest absolute Gasteiger partial charge is 0.310 e. The summed E-state index contributed by atoms with van der Waals surface area (Å²) in [6.07, 6.45) is 8.29. The van der Waals surface area contributed by atoms with Crippen molar-refractivity contribution in [2.24, 2.45) is 0 Å². The predicted octanol–water partition coefficient (Wildman–Crippen LogP) is 1.73.